The topological polar surface area (TPSA) is 32.3 Å². The van der Waals surface area contributed by atoms with Gasteiger partial charge in [-0.1, -0.05) is 49.8 Å². The van der Waals surface area contributed by atoms with Gasteiger partial charge >= 0.3 is 0 Å². The van der Waals surface area contributed by atoms with Crippen LogP contribution in [0.1, 0.15) is 77.8 Å². The van der Waals surface area contributed by atoms with Crippen molar-refractivity contribution in [1.82, 2.24) is 10.2 Å². The van der Waals surface area contributed by atoms with Gasteiger partial charge in [0.25, 0.3) is 0 Å². The van der Waals surface area contributed by atoms with E-state index in [1.807, 2.05) is 6.08 Å². The van der Waals surface area contributed by atoms with Crippen molar-refractivity contribution in [2.24, 2.45) is 11.8 Å². The summed E-state index contributed by atoms with van der Waals surface area (Å²) < 4.78 is 0. The summed E-state index contributed by atoms with van der Waals surface area (Å²) in [6, 6.07) is 11.4. The van der Waals surface area contributed by atoms with Gasteiger partial charge in [-0.25, -0.2) is 0 Å². The van der Waals surface area contributed by atoms with Crippen LogP contribution in [0.2, 0.25) is 0 Å². The largest absolute Gasteiger partial charge is 0.351 e. The molecule has 1 saturated heterocycles. The van der Waals surface area contributed by atoms with Crippen LogP contribution in [0.3, 0.4) is 0 Å². The van der Waals surface area contributed by atoms with E-state index in [1.165, 1.54) is 18.4 Å². The first-order valence-corrected chi connectivity index (χ1v) is 11.1. The molecule has 3 nitrogen and oxygen atoms in total. The summed E-state index contributed by atoms with van der Waals surface area (Å²) in [4.78, 5) is 15.6. The molecular weight excluding hydrogens is 344 g/mol. The van der Waals surface area contributed by atoms with Crippen LogP contribution in [-0.2, 0) is 4.79 Å². The number of hydrogen-bond acceptors (Lipinski definition) is 2. The number of piperidine rings is 1. The van der Waals surface area contributed by atoms with Crippen molar-refractivity contribution in [3.63, 3.8) is 0 Å². The Morgan fingerprint density at radius 1 is 1.21 bits per heavy atom. The van der Waals surface area contributed by atoms with E-state index in [0.29, 0.717) is 12.0 Å². The van der Waals surface area contributed by atoms with Crippen molar-refractivity contribution in [2.75, 3.05) is 13.1 Å². The van der Waals surface area contributed by atoms with Gasteiger partial charge in [-0.05, 0) is 77.4 Å². The first-order chi connectivity index (χ1) is 13.4. The van der Waals surface area contributed by atoms with Gasteiger partial charge in [0.1, 0.15) is 0 Å². The van der Waals surface area contributed by atoms with Crippen LogP contribution in [0.4, 0.5) is 0 Å². The van der Waals surface area contributed by atoms with Gasteiger partial charge in [0, 0.05) is 17.5 Å². The molecule has 0 saturated carbocycles. The van der Waals surface area contributed by atoms with E-state index in [1.54, 1.807) is 0 Å². The van der Waals surface area contributed by atoms with Crippen molar-refractivity contribution < 1.29 is 4.79 Å². The van der Waals surface area contributed by atoms with E-state index in [-0.39, 0.29) is 17.4 Å². The standard InChI is InChI=1S/C25H40N2O/c1-6-8-15-22(24(28)26-25(3,4)5)20-16-18-27(19-17-20)23(12-7-2)21-13-10-9-11-14-21/h6,9-11,13-14,20,22-23H,1,7-8,12,15-19H2,2-5H3,(H,26,28). The Balaban J connectivity index is 2.03. The van der Waals surface area contributed by atoms with E-state index in [2.05, 4.69) is 74.8 Å². The molecule has 0 radical (unpaired) electrons. The fraction of sp³-hybridized carbons (Fsp3) is 0.640. The number of likely N-dealkylation sites (tertiary alicyclic amines) is 1. The third-order valence-electron chi connectivity index (χ3n) is 5.85. The van der Waals surface area contributed by atoms with Crippen molar-refractivity contribution in [1.29, 1.82) is 0 Å². The molecule has 2 atom stereocenters. The number of hydrogen-bond donors (Lipinski definition) is 1. The highest BCUT2D eigenvalue weighted by Gasteiger charge is 2.34. The first kappa shape index (κ1) is 22.7. The predicted molar refractivity (Wildman–Crippen MR) is 119 cm³/mol. The Morgan fingerprint density at radius 3 is 2.39 bits per heavy atom. The fourth-order valence-corrected chi connectivity index (χ4v) is 4.48. The molecule has 3 heteroatoms. The number of nitrogens with one attached hydrogen (secondary N) is 1. The molecule has 1 heterocycles. The number of rotatable bonds is 9. The molecule has 1 aromatic rings. The summed E-state index contributed by atoms with van der Waals surface area (Å²) >= 11 is 0. The number of amides is 1. The molecule has 0 aromatic heterocycles. The first-order valence-electron chi connectivity index (χ1n) is 11.1. The molecule has 156 valence electrons. The third kappa shape index (κ3) is 6.77. The summed E-state index contributed by atoms with van der Waals surface area (Å²) in [7, 11) is 0. The Morgan fingerprint density at radius 2 is 1.86 bits per heavy atom. The fourth-order valence-electron chi connectivity index (χ4n) is 4.48. The van der Waals surface area contributed by atoms with E-state index >= 15 is 0 Å². The zero-order valence-electron chi connectivity index (χ0n) is 18.4. The summed E-state index contributed by atoms with van der Waals surface area (Å²) in [5.41, 5.74) is 1.25. The average molecular weight is 385 g/mol. The molecule has 1 amide bonds. The molecule has 1 aliphatic rings. The molecule has 0 spiro atoms. The van der Waals surface area contributed by atoms with Crippen LogP contribution >= 0.6 is 0 Å². The number of carbonyl (C=O) groups is 1. The van der Waals surface area contributed by atoms with Crippen molar-refractivity contribution >= 4 is 5.91 Å². The molecule has 2 rings (SSSR count). The average Bonchev–Trinajstić information content (AvgIpc) is 2.66. The highest BCUT2D eigenvalue weighted by Crippen LogP contribution is 2.34. The lowest BCUT2D eigenvalue weighted by Gasteiger charge is -2.40. The van der Waals surface area contributed by atoms with Crippen LogP contribution in [0.15, 0.2) is 43.0 Å². The predicted octanol–water partition coefficient (Wildman–Crippen LogP) is 5.74. The lowest BCUT2D eigenvalue weighted by atomic mass is 9.80. The van der Waals surface area contributed by atoms with Crippen LogP contribution in [0.5, 0.6) is 0 Å². The summed E-state index contributed by atoms with van der Waals surface area (Å²) in [5, 5.41) is 3.22. The number of benzene rings is 1. The molecular formula is C25H40N2O. The normalized spacial score (nSPS) is 18.4. The van der Waals surface area contributed by atoms with Crippen LogP contribution in [0.25, 0.3) is 0 Å². The van der Waals surface area contributed by atoms with Crippen molar-refractivity contribution in [2.45, 2.75) is 77.8 Å². The molecule has 2 unspecified atom stereocenters. The smallest absolute Gasteiger partial charge is 0.223 e. The highest BCUT2D eigenvalue weighted by molar-refractivity contribution is 5.79. The van der Waals surface area contributed by atoms with Gasteiger partial charge in [0.05, 0.1) is 0 Å². The lowest BCUT2D eigenvalue weighted by Crippen LogP contribution is -2.47. The summed E-state index contributed by atoms with van der Waals surface area (Å²) in [5.74, 6) is 0.790. The lowest BCUT2D eigenvalue weighted by molar-refractivity contribution is -0.129. The minimum absolute atomic E-state index is 0.0979. The summed E-state index contributed by atoms with van der Waals surface area (Å²) in [6.45, 7) is 14.5. The monoisotopic (exact) mass is 384 g/mol. The van der Waals surface area contributed by atoms with E-state index in [4.69, 9.17) is 0 Å². The second-order valence-corrected chi connectivity index (χ2v) is 9.30. The highest BCUT2D eigenvalue weighted by atomic mass is 16.2. The van der Waals surface area contributed by atoms with Gasteiger partial charge in [-0.3, -0.25) is 9.69 Å². The van der Waals surface area contributed by atoms with Gasteiger partial charge < -0.3 is 5.32 Å². The van der Waals surface area contributed by atoms with Crippen LogP contribution in [-0.4, -0.2) is 29.4 Å². The second kappa shape index (κ2) is 10.8. The van der Waals surface area contributed by atoms with Crippen molar-refractivity contribution in [3.05, 3.63) is 48.6 Å². The van der Waals surface area contributed by atoms with E-state index < -0.39 is 0 Å². The molecule has 1 aliphatic heterocycles. The zero-order valence-corrected chi connectivity index (χ0v) is 18.4. The zero-order chi connectivity index (χ0) is 20.6. The molecule has 1 N–H and O–H groups in total. The molecule has 28 heavy (non-hydrogen) atoms. The van der Waals surface area contributed by atoms with Gasteiger partial charge in [-0.15, -0.1) is 6.58 Å². The van der Waals surface area contributed by atoms with Gasteiger partial charge in [-0.2, -0.15) is 0 Å². The molecule has 1 fully saturated rings. The van der Waals surface area contributed by atoms with Gasteiger partial charge in [0.2, 0.25) is 5.91 Å². The maximum Gasteiger partial charge on any atom is 0.223 e. The maximum absolute atomic E-state index is 12.9. The Kier molecular flexibility index (Phi) is 8.75. The molecule has 0 aliphatic carbocycles. The number of carbonyl (C=O) groups excluding carboxylic acids is 1. The number of nitrogens with zero attached hydrogens (tertiary/aromatic N) is 1. The van der Waals surface area contributed by atoms with E-state index in [0.717, 1.165) is 38.8 Å². The summed E-state index contributed by atoms with van der Waals surface area (Å²) in [6.07, 6.45) is 8.35. The minimum atomic E-state index is -0.177. The Hall–Kier alpha value is -1.61. The molecule has 0 bridgehead atoms. The maximum atomic E-state index is 12.9. The third-order valence-corrected chi connectivity index (χ3v) is 5.85. The second-order valence-electron chi connectivity index (χ2n) is 9.30. The van der Waals surface area contributed by atoms with Crippen LogP contribution < -0.4 is 5.32 Å². The van der Waals surface area contributed by atoms with Crippen molar-refractivity contribution in [3.8, 4) is 0 Å². The Labute approximate surface area is 172 Å². The minimum Gasteiger partial charge on any atom is -0.351 e. The van der Waals surface area contributed by atoms with Crippen LogP contribution in [0, 0.1) is 11.8 Å². The SMILES string of the molecule is C=CCCC(C(=O)NC(C)(C)C)C1CCN(C(CCC)c2ccccc2)CC1. The number of allylic oxidation sites excluding steroid dienone is 1. The van der Waals surface area contributed by atoms with Gasteiger partial charge in [0.15, 0.2) is 0 Å². The van der Waals surface area contributed by atoms with E-state index in [9.17, 15) is 4.79 Å². The quantitative estimate of drug-likeness (QED) is 0.551. The molecule has 1 aromatic carbocycles. The Bertz CT molecular complexity index is 597.